The fourth-order valence-electron chi connectivity index (χ4n) is 5.44. The molecule has 4 aromatic rings. The van der Waals surface area contributed by atoms with E-state index in [2.05, 4.69) is 46.3 Å². The van der Waals surface area contributed by atoms with Gasteiger partial charge in [-0.2, -0.15) is 0 Å². The van der Waals surface area contributed by atoms with Crippen molar-refractivity contribution in [1.29, 1.82) is 0 Å². The van der Waals surface area contributed by atoms with Crippen LogP contribution in [0.3, 0.4) is 0 Å². The number of halogens is 1. The third-order valence-corrected chi connectivity index (χ3v) is 6.99. The molecule has 188 valence electrons. The van der Waals surface area contributed by atoms with E-state index >= 15 is 4.39 Å². The molecule has 1 amide bonds. The van der Waals surface area contributed by atoms with Crippen LogP contribution < -0.4 is 11.1 Å². The Balaban J connectivity index is 1.64. The van der Waals surface area contributed by atoms with Crippen molar-refractivity contribution in [3.63, 3.8) is 0 Å². The summed E-state index contributed by atoms with van der Waals surface area (Å²) in [6, 6.07) is 3.68. The second kappa shape index (κ2) is 9.09. The van der Waals surface area contributed by atoms with Gasteiger partial charge in [-0.15, -0.1) is 10.2 Å². The van der Waals surface area contributed by atoms with Crippen molar-refractivity contribution >= 4 is 16.9 Å². The summed E-state index contributed by atoms with van der Waals surface area (Å²) in [7, 11) is 1.95. The van der Waals surface area contributed by atoms with Crippen molar-refractivity contribution in [3.8, 4) is 5.69 Å². The molecule has 36 heavy (non-hydrogen) atoms. The van der Waals surface area contributed by atoms with Gasteiger partial charge in [-0.05, 0) is 54.5 Å². The SMILES string of the molecule is CC(C)CNCc1cc(C(N)=O)nc2c(F)cn(-c3cncc(C4(c5nncn5C)CC(C)C4)c3)c12. The first-order chi connectivity index (χ1) is 17.2. The number of nitrogens with two attached hydrogens (primary N) is 1. The Morgan fingerprint density at radius 1 is 1.31 bits per heavy atom. The molecule has 0 saturated heterocycles. The molecule has 0 bridgehead atoms. The molecule has 0 radical (unpaired) electrons. The maximum atomic E-state index is 15.2. The van der Waals surface area contributed by atoms with Gasteiger partial charge < -0.3 is 20.2 Å². The van der Waals surface area contributed by atoms with Crippen LogP contribution in [0.5, 0.6) is 0 Å². The number of aryl methyl sites for hydroxylation is 1. The Hall–Kier alpha value is -3.66. The van der Waals surface area contributed by atoms with E-state index in [1.807, 2.05) is 23.9 Å². The summed E-state index contributed by atoms with van der Waals surface area (Å²) in [5.41, 5.74) is 8.40. The van der Waals surface area contributed by atoms with E-state index in [1.54, 1.807) is 23.2 Å². The molecule has 0 aromatic carbocycles. The zero-order chi connectivity index (χ0) is 25.6. The third kappa shape index (κ3) is 4.05. The number of amides is 1. The fraction of sp³-hybridized carbons (Fsp3) is 0.423. The molecule has 5 rings (SSSR count). The number of primary amides is 1. The Morgan fingerprint density at radius 2 is 2.08 bits per heavy atom. The van der Waals surface area contributed by atoms with E-state index in [1.165, 1.54) is 6.20 Å². The van der Waals surface area contributed by atoms with E-state index in [0.717, 1.165) is 36.3 Å². The molecule has 1 saturated carbocycles. The van der Waals surface area contributed by atoms with E-state index in [-0.39, 0.29) is 16.6 Å². The molecule has 0 aliphatic heterocycles. The van der Waals surface area contributed by atoms with Crippen molar-refractivity contribution in [2.75, 3.05) is 6.54 Å². The molecule has 1 aliphatic rings. The van der Waals surface area contributed by atoms with Gasteiger partial charge in [0.05, 0.1) is 22.8 Å². The largest absolute Gasteiger partial charge is 0.364 e. The lowest BCUT2D eigenvalue weighted by atomic mass is 9.59. The van der Waals surface area contributed by atoms with E-state index in [0.29, 0.717) is 29.6 Å². The Morgan fingerprint density at radius 3 is 2.72 bits per heavy atom. The van der Waals surface area contributed by atoms with Gasteiger partial charge in [0.15, 0.2) is 5.82 Å². The average Bonchev–Trinajstić information content (AvgIpc) is 3.40. The number of hydrogen-bond acceptors (Lipinski definition) is 6. The minimum absolute atomic E-state index is 0.0389. The number of carbonyl (C=O) groups excluding carboxylic acids is 1. The number of pyridine rings is 2. The highest BCUT2D eigenvalue weighted by molar-refractivity contribution is 5.94. The molecule has 0 spiro atoms. The van der Waals surface area contributed by atoms with Crippen molar-refractivity contribution in [2.45, 2.75) is 45.6 Å². The number of nitrogens with zero attached hydrogens (tertiary/aromatic N) is 6. The fourth-order valence-corrected chi connectivity index (χ4v) is 5.44. The first-order valence-electron chi connectivity index (χ1n) is 12.2. The summed E-state index contributed by atoms with van der Waals surface area (Å²) in [6.07, 6.45) is 8.54. The molecule has 1 aliphatic carbocycles. The van der Waals surface area contributed by atoms with Gasteiger partial charge in [0.25, 0.3) is 5.91 Å². The van der Waals surface area contributed by atoms with Gasteiger partial charge in [-0.25, -0.2) is 9.37 Å². The van der Waals surface area contributed by atoms with Crippen LogP contribution in [-0.4, -0.2) is 41.8 Å². The molecule has 4 heterocycles. The zero-order valence-electron chi connectivity index (χ0n) is 21.0. The van der Waals surface area contributed by atoms with Crippen LogP contribution in [0.2, 0.25) is 0 Å². The van der Waals surface area contributed by atoms with Crippen LogP contribution in [0.15, 0.2) is 37.1 Å². The number of hydrogen-bond donors (Lipinski definition) is 2. The topological polar surface area (TPSA) is 117 Å². The Kier molecular flexibility index (Phi) is 6.07. The molecule has 3 N–H and O–H groups in total. The molecular weight excluding hydrogens is 459 g/mol. The Labute approximate surface area is 209 Å². The normalized spacial score (nSPS) is 19.7. The van der Waals surface area contributed by atoms with Crippen LogP contribution in [0.1, 0.15) is 61.1 Å². The number of carbonyl (C=O) groups is 1. The Bertz CT molecular complexity index is 1430. The second-order valence-electron chi connectivity index (χ2n) is 10.4. The highest BCUT2D eigenvalue weighted by atomic mass is 19.1. The average molecular weight is 491 g/mol. The first kappa shape index (κ1) is 24.1. The molecule has 10 heteroatoms. The summed E-state index contributed by atoms with van der Waals surface area (Å²) < 4.78 is 18.9. The van der Waals surface area contributed by atoms with Crippen LogP contribution >= 0.6 is 0 Å². The van der Waals surface area contributed by atoms with Gasteiger partial charge in [0.2, 0.25) is 0 Å². The number of aromatic nitrogens is 6. The maximum Gasteiger partial charge on any atom is 0.267 e. The lowest BCUT2D eigenvalue weighted by Gasteiger charge is -2.45. The highest BCUT2D eigenvalue weighted by Crippen LogP contribution is 2.51. The van der Waals surface area contributed by atoms with E-state index in [9.17, 15) is 4.79 Å². The van der Waals surface area contributed by atoms with Crippen molar-refractivity contribution in [1.82, 2.24) is 34.6 Å². The molecule has 1 fully saturated rings. The number of nitrogens with one attached hydrogen (secondary N) is 1. The van der Waals surface area contributed by atoms with Gasteiger partial charge in [-0.3, -0.25) is 9.78 Å². The summed E-state index contributed by atoms with van der Waals surface area (Å²) in [5, 5.41) is 11.9. The molecule has 4 aromatic heterocycles. The summed E-state index contributed by atoms with van der Waals surface area (Å²) >= 11 is 0. The third-order valence-electron chi connectivity index (χ3n) is 6.99. The van der Waals surface area contributed by atoms with Crippen LogP contribution in [0.25, 0.3) is 16.7 Å². The van der Waals surface area contributed by atoms with Crippen LogP contribution in [0.4, 0.5) is 4.39 Å². The minimum atomic E-state index is -0.692. The van der Waals surface area contributed by atoms with E-state index in [4.69, 9.17) is 5.73 Å². The molecule has 0 unspecified atom stereocenters. The molecule has 0 atom stereocenters. The van der Waals surface area contributed by atoms with Gasteiger partial charge in [0, 0.05) is 26.0 Å². The van der Waals surface area contributed by atoms with Crippen molar-refractivity contribution < 1.29 is 9.18 Å². The highest BCUT2D eigenvalue weighted by Gasteiger charge is 2.48. The quantitative estimate of drug-likeness (QED) is 0.392. The molecular formula is C26H31FN8O. The lowest BCUT2D eigenvalue weighted by Crippen LogP contribution is -2.43. The van der Waals surface area contributed by atoms with Crippen LogP contribution in [-0.2, 0) is 19.0 Å². The van der Waals surface area contributed by atoms with Crippen molar-refractivity contribution in [3.05, 3.63) is 65.5 Å². The predicted octanol–water partition coefficient (Wildman–Crippen LogP) is 3.25. The predicted molar refractivity (Wildman–Crippen MR) is 134 cm³/mol. The monoisotopic (exact) mass is 490 g/mol. The smallest absolute Gasteiger partial charge is 0.267 e. The van der Waals surface area contributed by atoms with Gasteiger partial charge in [-0.1, -0.05) is 20.8 Å². The summed E-state index contributed by atoms with van der Waals surface area (Å²) in [4.78, 5) is 20.7. The maximum absolute atomic E-state index is 15.2. The van der Waals surface area contributed by atoms with Crippen molar-refractivity contribution in [2.24, 2.45) is 24.6 Å². The molecule has 9 nitrogen and oxygen atoms in total. The summed E-state index contributed by atoms with van der Waals surface area (Å²) in [6.45, 7) is 7.65. The number of rotatable bonds is 8. The van der Waals surface area contributed by atoms with E-state index < -0.39 is 11.7 Å². The number of fused-ring (bicyclic) bond motifs is 1. The van der Waals surface area contributed by atoms with Gasteiger partial charge >= 0.3 is 0 Å². The summed E-state index contributed by atoms with van der Waals surface area (Å²) in [5.74, 6) is 0.662. The standard InChI is InChI=1S/C26H31FN8O/c1-15(2)9-29-10-17-5-21(24(28)36)32-22-20(27)13-35(23(17)22)19-6-18(11-30-12-19)26(7-16(3)8-26)25-33-31-14-34(25)4/h5-6,11-16,29H,7-10H2,1-4H3,(H2,28,36). The first-order valence-corrected chi connectivity index (χ1v) is 12.2. The minimum Gasteiger partial charge on any atom is -0.364 e. The second-order valence-corrected chi connectivity index (χ2v) is 10.4. The zero-order valence-corrected chi connectivity index (χ0v) is 21.0. The lowest BCUT2D eigenvalue weighted by molar-refractivity contribution is 0.0996. The van der Waals surface area contributed by atoms with Crippen LogP contribution in [0, 0.1) is 17.7 Å². The van der Waals surface area contributed by atoms with Gasteiger partial charge in [0.1, 0.15) is 23.4 Å².